The molecule has 1 amide bonds. The lowest BCUT2D eigenvalue weighted by atomic mass is 10.2. The molecule has 5 heteroatoms. The molecule has 1 heterocycles. The first-order valence-corrected chi connectivity index (χ1v) is 6.60. The monoisotopic (exact) mass is 268 g/mol. The summed E-state index contributed by atoms with van der Waals surface area (Å²) >= 11 is 5.90. The highest BCUT2D eigenvalue weighted by molar-refractivity contribution is 6.33. The summed E-state index contributed by atoms with van der Waals surface area (Å²) in [5.41, 5.74) is 0.415. The van der Waals surface area contributed by atoms with Gasteiger partial charge in [0.15, 0.2) is 0 Å². The fourth-order valence-electron chi connectivity index (χ4n) is 1.55. The van der Waals surface area contributed by atoms with Crippen LogP contribution in [0.1, 0.15) is 29.6 Å². The number of ether oxygens (including phenoxy) is 1. The van der Waals surface area contributed by atoms with Gasteiger partial charge in [0.05, 0.1) is 10.6 Å². The predicted octanol–water partition coefficient (Wildman–Crippen LogP) is 2.28. The van der Waals surface area contributed by atoms with Gasteiger partial charge < -0.3 is 10.1 Å². The molecule has 1 aliphatic carbocycles. The Hall–Kier alpha value is -1.13. The van der Waals surface area contributed by atoms with Crippen LogP contribution in [0.3, 0.4) is 0 Å². The Morgan fingerprint density at radius 3 is 3.11 bits per heavy atom. The van der Waals surface area contributed by atoms with Crippen LogP contribution in [-0.4, -0.2) is 30.6 Å². The molecule has 1 aliphatic rings. The van der Waals surface area contributed by atoms with Crippen molar-refractivity contribution >= 4 is 17.5 Å². The summed E-state index contributed by atoms with van der Waals surface area (Å²) in [4.78, 5) is 15.6. The molecule has 1 saturated carbocycles. The molecule has 98 valence electrons. The third-order valence-electron chi connectivity index (χ3n) is 2.81. The second kappa shape index (κ2) is 6.71. The normalized spacial score (nSPS) is 14.5. The summed E-state index contributed by atoms with van der Waals surface area (Å²) in [6, 6.07) is 1.61. The van der Waals surface area contributed by atoms with E-state index in [1.807, 2.05) is 0 Å². The average Bonchev–Trinajstić information content (AvgIpc) is 3.18. The van der Waals surface area contributed by atoms with Gasteiger partial charge in [-0.25, -0.2) is 0 Å². The van der Waals surface area contributed by atoms with Gasteiger partial charge in [-0.15, -0.1) is 0 Å². The number of carbonyl (C=O) groups excluding carboxylic acids is 1. The summed E-state index contributed by atoms with van der Waals surface area (Å²) in [6.07, 6.45) is 6.45. The number of hydrogen-bond acceptors (Lipinski definition) is 3. The number of pyridine rings is 1. The number of amides is 1. The van der Waals surface area contributed by atoms with Crippen LogP contribution in [0.15, 0.2) is 18.5 Å². The van der Waals surface area contributed by atoms with Crippen molar-refractivity contribution in [3.63, 3.8) is 0 Å². The Morgan fingerprint density at radius 1 is 1.56 bits per heavy atom. The number of rotatable bonds is 7. The van der Waals surface area contributed by atoms with E-state index in [2.05, 4.69) is 10.3 Å². The predicted molar refractivity (Wildman–Crippen MR) is 69.7 cm³/mol. The first-order valence-electron chi connectivity index (χ1n) is 6.23. The zero-order chi connectivity index (χ0) is 12.8. The summed E-state index contributed by atoms with van der Waals surface area (Å²) in [6.45, 7) is 2.15. The molecule has 4 nitrogen and oxygen atoms in total. The minimum atomic E-state index is -0.185. The molecule has 2 rings (SSSR count). The SMILES string of the molecule is O=C(NCCCOCC1CC1)c1cnccc1Cl. The molecule has 1 fully saturated rings. The van der Waals surface area contributed by atoms with E-state index in [4.69, 9.17) is 16.3 Å². The fourth-order valence-corrected chi connectivity index (χ4v) is 1.74. The molecule has 0 saturated heterocycles. The number of halogens is 1. The molecular weight excluding hydrogens is 252 g/mol. The Labute approximate surface area is 112 Å². The maximum Gasteiger partial charge on any atom is 0.254 e. The largest absolute Gasteiger partial charge is 0.381 e. The van der Waals surface area contributed by atoms with Crippen molar-refractivity contribution in [3.05, 3.63) is 29.0 Å². The minimum absolute atomic E-state index is 0.185. The molecule has 0 spiro atoms. The zero-order valence-electron chi connectivity index (χ0n) is 10.2. The van der Waals surface area contributed by atoms with Crippen LogP contribution in [0.25, 0.3) is 0 Å². The first-order chi connectivity index (χ1) is 8.77. The van der Waals surface area contributed by atoms with Gasteiger partial charge in [0.25, 0.3) is 5.91 Å². The lowest BCUT2D eigenvalue weighted by Crippen LogP contribution is -2.25. The van der Waals surface area contributed by atoms with Gasteiger partial charge in [-0.2, -0.15) is 0 Å². The molecule has 1 N–H and O–H groups in total. The average molecular weight is 269 g/mol. The molecule has 0 aliphatic heterocycles. The van der Waals surface area contributed by atoms with Crippen LogP contribution >= 0.6 is 11.6 Å². The Kier molecular flexibility index (Phi) is 4.96. The zero-order valence-corrected chi connectivity index (χ0v) is 10.9. The number of aromatic nitrogens is 1. The lowest BCUT2D eigenvalue weighted by Gasteiger charge is -2.06. The van der Waals surface area contributed by atoms with Gasteiger partial charge in [0.1, 0.15) is 0 Å². The van der Waals surface area contributed by atoms with E-state index in [0.717, 1.165) is 18.9 Å². The summed E-state index contributed by atoms with van der Waals surface area (Å²) in [5, 5.41) is 3.22. The summed E-state index contributed by atoms with van der Waals surface area (Å²) in [7, 11) is 0. The van der Waals surface area contributed by atoms with Crippen LogP contribution in [0.4, 0.5) is 0 Å². The number of nitrogens with zero attached hydrogens (tertiary/aromatic N) is 1. The van der Waals surface area contributed by atoms with Gasteiger partial charge in [-0.3, -0.25) is 9.78 Å². The second-order valence-corrected chi connectivity index (χ2v) is 4.89. The maximum atomic E-state index is 11.7. The van der Waals surface area contributed by atoms with E-state index in [1.165, 1.54) is 19.0 Å². The van der Waals surface area contributed by atoms with E-state index in [9.17, 15) is 4.79 Å². The summed E-state index contributed by atoms with van der Waals surface area (Å²) in [5.74, 6) is 0.601. The van der Waals surface area contributed by atoms with Gasteiger partial charge >= 0.3 is 0 Å². The van der Waals surface area contributed by atoms with Gasteiger partial charge in [0.2, 0.25) is 0 Å². The highest BCUT2D eigenvalue weighted by Gasteiger charge is 2.20. The molecule has 0 bridgehead atoms. The summed E-state index contributed by atoms with van der Waals surface area (Å²) < 4.78 is 5.48. The van der Waals surface area contributed by atoms with E-state index in [0.29, 0.717) is 23.7 Å². The molecule has 0 radical (unpaired) electrons. The van der Waals surface area contributed by atoms with Crippen LogP contribution < -0.4 is 5.32 Å². The Bertz CT molecular complexity index is 408. The van der Waals surface area contributed by atoms with Crippen LogP contribution in [0.2, 0.25) is 5.02 Å². The molecule has 0 unspecified atom stereocenters. The van der Waals surface area contributed by atoms with E-state index in [-0.39, 0.29) is 5.91 Å². The van der Waals surface area contributed by atoms with E-state index < -0.39 is 0 Å². The lowest BCUT2D eigenvalue weighted by molar-refractivity contribution is 0.0937. The van der Waals surface area contributed by atoms with Crippen LogP contribution in [0.5, 0.6) is 0 Å². The van der Waals surface area contributed by atoms with E-state index >= 15 is 0 Å². The Morgan fingerprint density at radius 2 is 2.39 bits per heavy atom. The number of nitrogens with one attached hydrogen (secondary N) is 1. The van der Waals surface area contributed by atoms with Gasteiger partial charge in [-0.1, -0.05) is 11.6 Å². The molecule has 1 aromatic heterocycles. The van der Waals surface area contributed by atoms with Crippen LogP contribution in [-0.2, 0) is 4.74 Å². The molecule has 1 aromatic rings. The molecule has 0 atom stereocenters. The third kappa shape index (κ3) is 4.27. The second-order valence-electron chi connectivity index (χ2n) is 4.48. The van der Waals surface area contributed by atoms with Crippen molar-refractivity contribution in [1.82, 2.24) is 10.3 Å². The Balaban J connectivity index is 1.60. The maximum absolute atomic E-state index is 11.7. The van der Waals surface area contributed by atoms with Crippen molar-refractivity contribution in [2.24, 2.45) is 5.92 Å². The highest BCUT2D eigenvalue weighted by atomic mass is 35.5. The minimum Gasteiger partial charge on any atom is -0.381 e. The fraction of sp³-hybridized carbons (Fsp3) is 0.538. The molecular formula is C13H17ClN2O2. The number of carbonyl (C=O) groups is 1. The quantitative estimate of drug-likeness (QED) is 0.772. The van der Waals surface area contributed by atoms with Gasteiger partial charge in [0, 0.05) is 32.2 Å². The highest BCUT2D eigenvalue weighted by Crippen LogP contribution is 2.28. The van der Waals surface area contributed by atoms with Crippen molar-refractivity contribution in [2.75, 3.05) is 19.8 Å². The van der Waals surface area contributed by atoms with E-state index in [1.54, 1.807) is 12.3 Å². The van der Waals surface area contributed by atoms with Crippen molar-refractivity contribution in [1.29, 1.82) is 0 Å². The molecule has 0 aromatic carbocycles. The van der Waals surface area contributed by atoms with Crippen molar-refractivity contribution < 1.29 is 9.53 Å². The number of hydrogen-bond donors (Lipinski definition) is 1. The van der Waals surface area contributed by atoms with Crippen molar-refractivity contribution in [2.45, 2.75) is 19.3 Å². The van der Waals surface area contributed by atoms with Gasteiger partial charge in [-0.05, 0) is 31.2 Å². The topological polar surface area (TPSA) is 51.2 Å². The smallest absolute Gasteiger partial charge is 0.254 e. The molecule has 18 heavy (non-hydrogen) atoms. The van der Waals surface area contributed by atoms with Crippen LogP contribution in [0, 0.1) is 5.92 Å². The van der Waals surface area contributed by atoms with Crippen molar-refractivity contribution in [3.8, 4) is 0 Å². The standard InChI is InChI=1S/C13H17ClN2O2/c14-12-4-6-15-8-11(12)13(17)16-5-1-7-18-9-10-2-3-10/h4,6,8,10H,1-3,5,7,9H2,(H,16,17). The third-order valence-corrected chi connectivity index (χ3v) is 3.14. The first kappa shape index (κ1) is 13.3.